The molecule has 0 bridgehead atoms. The van der Waals surface area contributed by atoms with Gasteiger partial charge in [-0.15, -0.1) is 0 Å². The van der Waals surface area contributed by atoms with Crippen molar-refractivity contribution in [3.63, 3.8) is 0 Å². The van der Waals surface area contributed by atoms with Gasteiger partial charge in [-0.1, -0.05) is 91.0 Å². The molecule has 2 aromatic heterocycles. The molecular formula is C34H34N2O6. The second kappa shape index (κ2) is 13.2. The van der Waals surface area contributed by atoms with E-state index >= 15 is 0 Å². The van der Waals surface area contributed by atoms with Gasteiger partial charge in [0.25, 0.3) is 5.88 Å². The molecule has 0 radical (unpaired) electrons. The van der Waals surface area contributed by atoms with Gasteiger partial charge in [-0.2, -0.15) is 9.97 Å². The van der Waals surface area contributed by atoms with Crippen LogP contribution in [-0.4, -0.2) is 39.0 Å². The summed E-state index contributed by atoms with van der Waals surface area (Å²) in [5.41, 5.74) is 4.50. The van der Waals surface area contributed by atoms with Crippen LogP contribution < -0.4 is 0 Å². The lowest BCUT2D eigenvalue weighted by molar-refractivity contribution is -0.148. The molecule has 216 valence electrons. The number of hydrogen-bond acceptors (Lipinski definition) is 8. The van der Waals surface area contributed by atoms with Gasteiger partial charge in [0.2, 0.25) is 5.58 Å². The van der Waals surface area contributed by atoms with E-state index in [4.69, 9.17) is 18.6 Å². The SMILES string of the molecule is Oc1nc(O)c2occ([C@@H]3CC[C@H](COCc4ccccc4)[C@@H](OCc4ccccc4)[C@H]3OCc3ccccc3)c2n1. The first-order valence-electron chi connectivity index (χ1n) is 14.3. The van der Waals surface area contributed by atoms with Crippen LogP contribution in [0, 0.1) is 5.92 Å². The molecule has 1 fully saturated rings. The summed E-state index contributed by atoms with van der Waals surface area (Å²) in [7, 11) is 0. The Bertz CT molecular complexity index is 1560. The zero-order valence-electron chi connectivity index (χ0n) is 23.2. The number of furan rings is 1. The lowest BCUT2D eigenvalue weighted by atomic mass is 9.75. The van der Waals surface area contributed by atoms with E-state index in [9.17, 15) is 10.2 Å². The standard InChI is InChI=1S/C34H34N2O6/c37-33-32-29(35-34(38)36-33)28(22-42-32)27-17-16-26(21-39-18-23-10-4-1-5-11-23)30(40-19-24-12-6-2-7-13-24)31(27)41-20-25-14-8-3-9-15-25/h1-15,22,26-27,30-31H,16-21H2,(H2,35,36,37,38)/t26-,27+,30-,31+/m1/s1. The Morgan fingerprint density at radius 1 is 0.690 bits per heavy atom. The zero-order valence-corrected chi connectivity index (χ0v) is 23.2. The van der Waals surface area contributed by atoms with Gasteiger partial charge in [0.05, 0.1) is 44.9 Å². The van der Waals surface area contributed by atoms with Crippen molar-refractivity contribution in [1.29, 1.82) is 0 Å². The third-order valence-corrected chi connectivity index (χ3v) is 7.86. The molecule has 4 atom stereocenters. The molecule has 0 unspecified atom stereocenters. The number of rotatable bonds is 11. The van der Waals surface area contributed by atoms with Gasteiger partial charge in [-0.05, 0) is 29.5 Å². The van der Waals surface area contributed by atoms with Crippen LogP contribution >= 0.6 is 0 Å². The van der Waals surface area contributed by atoms with Gasteiger partial charge in [-0.3, -0.25) is 0 Å². The van der Waals surface area contributed by atoms with E-state index in [2.05, 4.69) is 22.1 Å². The first-order valence-corrected chi connectivity index (χ1v) is 14.3. The number of hydrogen-bond donors (Lipinski definition) is 2. The fraction of sp³-hybridized carbons (Fsp3) is 0.294. The Balaban J connectivity index is 1.31. The molecule has 8 heteroatoms. The fourth-order valence-corrected chi connectivity index (χ4v) is 5.78. The van der Waals surface area contributed by atoms with Crippen molar-refractivity contribution in [2.75, 3.05) is 6.61 Å². The summed E-state index contributed by atoms with van der Waals surface area (Å²) in [4.78, 5) is 7.85. The van der Waals surface area contributed by atoms with Crippen molar-refractivity contribution in [3.8, 4) is 11.9 Å². The van der Waals surface area contributed by atoms with Gasteiger partial charge in [0, 0.05) is 17.4 Å². The molecule has 5 aromatic rings. The van der Waals surface area contributed by atoms with Crippen LogP contribution in [0.15, 0.2) is 102 Å². The Labute approximate surface area is 244 Å². The Kier molecular flexibility index (Phi) is 8.75. The molecule has 0 aliphatic heterocycles. The monoisotopic (exact) mass is 566 g/mol. The second-order valence-electron chi connectivity index (χ2n) is 10.7. The van der Waals surface area contributed by atoms with E-state index in [-0.39, 0.29) is 29.6 Å². The molecule has 8 nitrogen and oxygen atoms in total. The van der Waals surface area contributed by atoms with E-state index in [1.807, 2.05) is 78.9 Å². The number of aromatic hydroxyl groups is 2. The molecule has 3 aromatic carbocycles. The highest BCUT2D eigenvalue weighted by Gasteiger charge is 2.43. The summed E-state index contributed by atoms with van der Waals surface area (Å²) in [6.07, 6.45) is 2.47. The summed E-state index contributed by atoms with van der Waals surface area (Å²) < 4.78 is 25.4. The second-order valence-corrected chi connectivity index (χ2v) is 10.7. The largest absolute Gasteiger partial charge is 0.490 e. The number of nitrogens with zero attached hydrogens (tertiary/aromatic N) is 2. The Morgan fingerprint density at radius 2 is 1.26 bits per heavy atom. The van der Waals surface area contributed by atoms with Crippen LogP contribution in [0.4, 0.5) is 0 Å². The molecule has 0 spiro atoms. The van der Waals surface area contributed by atoms with E-state index in [0.29, 0.717) is 31.9 Å². The van der Waals surface area contributed by atoms with Crippen LogP contribution in [0.3, 0.4) is 0 Å². The van der Waals surface area contributed by atoms with Gasteiger partial charge < -0.3 is 28.8 Å². The minimum atomic E-state index is -0.510. The first-order chi connectivity index (χ1) is 20.7. The number of fused-ring (bicyclic) bond motifs is 1. The highest BCUT2D eigenvalue weighted by molar-refractivity contribution is 5.81. The minimum Gasteiger partial charge on any atom is -0.490 e. The third-order valence-electron chi connectivity index (χ3n) is 7.86. The average Bonchev–Trinajstić information content (AvgIpc) is 3.45. The molecule has 1 aliphatic rings. The lowest BCUT2D eigenvalue weighted by Crippen LogP contribution is -2.47. The quantitative estimate of drug-likeness (QED) is 0.186. The molecular weight excluding hydrogens is 532 g/mol. The summed E-state index contributed by atoms with van der Waals surface area (Å²) in [6, 6.07) is 29.8. The van der Waals surface area contributed by atoms with Crippen molar-refractivity contribution in [1.82, 2.24) is 9.97 Å². The normalized spacial score (nSPS) is 20.6. The molecule has 0 saturated heterocycles. The summed E-state index contributed by atoms with van der Waals surface area (Å²) >= 11 is 0. The van der Waals surface area contributed by atoms with Crippen LogP contribution in [0.25, 0.3) is 11.1 Å². The average molecular weight is 567 g/mol. The summed E-state index contributed by atoms with van der Waals surface area (Å²) in [6.45, 7) is 1.85. The number of benzene rings is 3. The highest BCUT2D eigenvalue weighted by atomic mass is 16.5. The summed E-state index contributed by atoms with van der Waals surface area (Å²) in [5, 5.41) is 20.4. The molecule has 6 rings (SSSR count). The maximum Gasteiger partial charge on any atom is 0.318 e. The molecule has 0 amide bonds. The van der Waals surface area contributed by atoms with Crippen LogP contribution in [0.1, 0.15) is 41.0 Å². The maximum atomic E-state index is 10.3. The van der Waals surface area contributed by atoms with Gasteiger partial charge >= 0.3 is 6.01 Å². The van der Waals surface area contributed by atoms with E-state index < -0.39 is 11.9 Å². The molecule has 1 aliphatic carbocycles. The third kappa shape index (κ3) is 6.46. The van der Waals surface area contributed by atoms with Crippen molar-refractivity contribution in [2.24, 2.45) is 5.92 Å². The predicted octanol–water partition coefficient (Wildman–Crippen LogP) is 6.52. The summed E-state index contributed by atoms with van der Waals surface area (Å²) in [5.74, 6) is -0.496. The Morgan fingerprint density at radius 3 is 1.88 bits per heavy atom. The van der Waals surface area contributed by atoms with E-state index in [0.717, 1.165) is 35.1 Å². The van der Waals surface area contributed by atoms with Crippen LogP contribution in [0.2, 0.25) is 0 Å². The van der Waals surface area contributed by atoms with Crippen molar-refractivity contribution in [2.45, 2.75) is 50.8 Å². The van der Waals surface area contributed by atoms with E-state index in [1.54, 1.807) is 6.26 Å². The topological polar surface area (TPSA) is 107 Å². The minimum absolute atomic E-state index is 0.0732. The van der Waals surface area contributed by atoms with Crippen molar-refractivity contribution < 1.29 is 28.8 Å². The van der Waals surface area contributed by atoms with E-state index in [1.165, 1.54) is 0 Å². The Hall–Kier alpha value is -4.24. The van der Waals surface area contributed by atoms with Crippen LogP contribution in [-0.2, 0) is 34.0 Å². The number of aromatic nitrogens is 2. The molecule has 2 N–H and O–H groups in total. The molecule has 1 saturated carbocycles. The van der Waals surface area contributed by atoms with Gasteiger partial charge in [0.15, 0.2) is 0 Å². The zero-order chi connectivity index (χ0) is 28.7. The van der Waals surface area contributed by atoms with Crippen molar-refractivity contribution in [3.05, 3.63) is 120 Å². The van der Waals surface area contributed by atoms with Gasteiger partial charge in [-0.25, -0.2) is 0 Å². The maximum absolute atomic E-state index is 10.3. The fourth-order valence-electron chi connectivity index (χ4n) is 5.78. The first kappa shape index (κ1) is 27.9. The van der Waals surface area contributed by atoms with Crippen molar-refractivity contribution >= 4 is 11.1 Å². The highest BCUT2D eigenvalue weighted by Crippen LogP contribution is 2.44. The molecule has 2 heterocycles. The van der Waals surface area contributed by atoms with Gasteiger partial charge in [0.1, 0.15) is 5.52 Å². The molecule has 42 heavy (non-hydrogen) atoms. The predicted molar refractivity (Wildman–Crippen MR) is 157 cm³/mol. The number of ether oxygens (including phenoxy) is 3. The smallest absolute Gasteiger partial charge is 0.318 e. The van der Waals surface area contributed by atoms with Crippen LogP contribution in [0.5, 0.6) is 11.9 Å². The lowest BCUT2D eigenvalue weighted by Gasteiger charge is -2.42.